The van der Waals surface area contributed by atoms with E-state index in [9.17, 15) is 4.79 Å². The maximum Gasteiger partial charge on any atom is 0.250 e. The van der Waals surface area contributed by atoms with Gasteiger partial charge in [-0.2, -0.15) is 5.10 Å². The van der Waals surface area contributed by atoms with E-state index in [-0.39, 0.29) is 5.56 Å². The standard InChI is InChI=1S/C14H13N3O2/c1-17-14-12(13(16-17)8-4-5-8)9(7-11(18)15-14)10-3-2-6-19-10/h2-3,6-8H,4-5H2,1H3,(H,15,18). The lowest BCUT2D eigenvalue weighted by Crippen LogP contribution is -2.06. The summed E-state index contributed by atoms with van der Waals surface area (Å²) in [4.78, 5) is 14.7. The minimum Gasteiger partial charge on any atom is -0.464 e. The van der Waals surface area contributed by atoms with Crippen molar-refractivity contribution in [1.29, 1.82) is 0 Å². The Morgan fingerprint density at radius 2 is 2.32 bits per heavy atom. The first-order chi connectivity index (χ1) is 9.24. The second-order valence-electron chi connectivity index (χ2n) is 5.03. The molecule has 0 aliphatic heterocycles. The zero-order chi connectivity index (χ0) is 13.0. The summed E-state index contributed by atoms with van der Waals surface area (Å²) in [6, 6.07) is 5.29. The molecule has 5 heteroatoms. The van der Waals surface area contributed by atoms with Gasteiger partial charge in [-0.1, -0.05) is 0 Å². The van der Waals surface area contributed by atoms with E-state index in [1.165, 1.54) is 12.8 Å². The first-order valence-corrected chi connectivity index (χ1v) is 6.38. The van der Waals surface area contributed by atoms with Crippen molar-refractivity contribution in [2.24, 2.45) is 7.05 Å². The molecule has 1 saturated carbocycles. The van der Waals surface area contributed by atoms with E-state index >= 15 is 0 Å². The fraction of sp³-hybridized carbons (Fsp3) is 0.286. The predicted octanol–water partition coefficient (Wildman–Crippen LogP) is 2.40. The highest BCUT2D eigenvalue weighted by molar-refractivity contribution is 5.94. The van der Waals surface area contributed by atoms with Gasteiger partial charge in [0.25, 0.3) is 0 Å². The topological polar surface area (TPSA) is 63.8 Å². The van der Waals surface area contributed by atoms with Crippen LogP contribution in [0.4, 0.5) is 0 Å². The Hall–Kier alpha value is -2.30. The van der Waals surface area contributed by atoms with Crippen LogP contribution in [0.25, 0.3) is 22.4 Å². The first kappa shape index (κ1) is 10.6. The number of pyridine rings is 1. The number of nitrogens with zero attached hydrogens (tertiary/aromatic N) is 2. The molecule has 0 saturated heterocycles. The van der Waals surface area contributed by atoms with Gasteiger partial charge in [0.15, 0.2) is 0 Å². The number of rotatable bonds is 2. The Bertz CT molecular complexity index is 807. The number of aromatic amines is 1. The van der Waals surface area contributed by atoms with Crippen LogP contribution in [0.15, 0.2) is 33.7 Å². The third-order valence-corrected chi connectivity index (χ3v) is 3.61. The summed E-state index contributed by atoms with van der Waals surface area (Å²) >= 11 is 0. The number of hydrogen-bond donors (Lipinski definition) is 1. The molecule has 1 aliphatic rings. The van der Waals surface area contributed by atoms with Crippen molar-refractivity contribution in [2.45, 2.75) is 18.8 Å². The Labute approximate surface area is 108 Å². The van der Waals surface area contributed by atoms with E-state index in [4.69, 9.17) is 4.42 Å². The summed E-state index contributed by atoms with van der Waals surface area (Å²) in [7, 11) is 1.86. The van der Waals surface area contributed by atoms with E-state index in [0.29, 0.717) is 11.7 Å². The molecule has 0 atom stereocenters. The minimum atomic E-state index is -0.135. The van der Waals surface area contributed by atoms with Crippen LogP contribution in [0.3, 0.4) is 0 Å². The van der Waals surface area contributed by atoms with Crippen molar-refractivity contribution in [3.63, 3.8) is 0 Å². The van der Waals surface area contributed by atoms with Crippen LogP contribution in [-0.2, 0) is 7.05 Å². The first-order valence-electron chi connectivity index (χ1n) is 6.38. The molecule has 0 amide bonds. The summed E-state index contributed by atoms with van der Waals surface area (Å²) in [5.41, 5.74) is 2.53. The van der Waals surface area contributed by atoms with Crippen molar-refractivity contribution < 1.29 is 4.42 Å². The largest absolute Gasteiger partial charge is 0.464 e. The second-order valence-corrected chi connectivity index (χ2v) is 5.03. The maximum atomic E-state index is 11.8. The molecule has 3 aromatic heterocycles. The van der Waals surface area contributed by atoms with Gasteiger partial charge < -0.3 is 9.40 Å². The molecule has 0 bridgehead atoms. The molecule has 1 fully saturated rings. The minimum absolute atomic E-state index is 0.135. The van der Waals surface area contributed by atoms with Gasteiger partial charge in [-0.05, 0) is 25.0 Å². The summed E-state index contributed by atoms with van der Waals surface area (Å²) in [6.45, 7) is 0. The van der Waals surface area contributed by atoms with Crippen LogP contribution >= 0.6 is 0 Å². The van der Waals surface area contributed by atoms with E-state index in [2.05, 4.69) is 10.1 Å². The van der Waals surface area contributed by atoms with Gasteiger partial charge in [-0.25, -0.2) is 0 Å². The summed E-state index contributed by atoms with van der Waals surface area (Å²) in [6.07, 6.45) is 3.96. The van der Waals surface area contributed by atoms with E-state index in [0.717, 1.165) is 22.3 Å². The van der Waals surface area contributed by atoms with E-state index in [1.54, 1.807) is 17.0 Å². The lowest BCUT2D eigenvalue weighted by Gasteiger charge is -2.01. The number of nitrogens with one attached hydrogen (secondary N) is 1. The van der Waals surface area contributed by atoms with Crippen molar-refractivity contribution in [1.82, 2.24) is 14.8 Å². The van der Waals surface area contributed by atoms with Crippen LogP contribution in [0.1, 0.15) is 24.5 Å². The van der Waals surface area contributed by atoms with Crippen LogP contribution < -0.4 is 5.56 Å². The predicted molar refractivity (Wildman–Crippen MR) is 71.0 cm³/mol. The number of furan rings is 1. The van der Waals surface area contributed by atoms with Crippen LogP contribution in [-0.4, -0.2) is 14.8 Å². The summed E-state index contributed by atoms with van der Waals surface area (Å²) in [5, 5.41) is 5.58. The Kier molecular flexibility index (Phi) is 2.01. The fourth-order valence-corrected chi connectivity index (χ4v) is 2.58. The quantitative estimate of drug-likeness (QED) is 0.764. The lowest BCUT2D eigenvalue weighted by molar-refractivity contribution is 0.583. The van der Waals surface area contributed by atoms with Gasteiger partial charge in [-0.15, -0.1) is 0 Å². The molecular formula is C14H13N3O2. The van der Waals surface area contributed by atoms with Gasteiger partial charge in [0.05, 0.1) is 17.3 Å². The highest BCUT2D eigenvalue weighted by Gasteiger charge is 2.30. The zero-order valence-corrected chi connectivity index (χ0v) is 10.5. The summed E-state index contributed by atoms with van der Waals surface area (Å²) < 4.78 is 7.20. The molecule has 5 nitrogen and oxygen atoms in total. The van der Waals surface area contributed by atoms with Crippen molar-refractivity contribution >= 4 is 11.0 Å². The monoisotopic (exact) mass is 255 g/mol. The Balaban J connectivity index is 2.13. The molecule has 96 valence electrons. The van der Waals surface area contributed by atoms with Crippen LogP contribution in [0.2, 0.25) is 0 Å². The Morgan fingerprint density at radius 1 is 1.47 bits per heavy atom. The molecule has 0 aromatic carbocycles. The zero-order valence-electron chi connectivity index (χ0n) is 10.5. The summed E-state index contributed by atoms with van der Waals surface area (Å²) in [5.74, 6) is 1.23. The van der Waals surface area contributed by atoms with Gasteiger partial charge in [-0.3, -0.25) is 9.48 Å². The third-order valence-electron chi connectivity index (χ3n) is 3.61. The van der Waals surface area contributed by atoms with Crippen LogP contribution in [0.5, 0.6) is 0 Å². The molecule has 0 spiro atoms. The molecular weight excluding hydrogens is 242 g/mol. The average molecular weight is 255 g/mol. The van der Waals surface area contributed by atoms with Crippen molar-refractivity contribution in [2.75, 3.05) is 0 Å². The van der Waals surface area contributed by atoms with Crippen LogP contribution in [0, 0.1) is 0 Å². The molecule has 0 radical (unpaired) electrons. The molecule has 0 unspecified atom stereocenters. The SMILES string of the molecule is Cn1nc(C2CC2)c2c(-c3ccco3)cc(=O)[nH]c21. The van der Waals surface area contributed by atoms with E-state index < -0.39 is 0 Å². The molecule has 1 N–H and O–H groups in total. The average Bonchev–Trinajstić information content (AvgIpc) is 2.98. The van der Waals surface area contributed by atoms with Gasteiger partial charge in [0, 0.05) is 24.6 Å². The normalized spacial score (nSPS) is 15.2. The fourth-order valence-electron chi connectivity index (χ4n) is 2.58. The van der Waals surface area contributed by atoms with Gasteiger partial charge in [0.1, 0.15) is 11.4 Å². The second kappa shape index (κ2) is 3.60. The number of aryl methyl sites for hydroxylation is 1. The maximum absolute atomic E-state index is 11.8. The number of H-pyrrole nitrogens is 1. The lowest BCUT2D eigenvalue weighted by atomic mass is 10.1. The van der Waals surface area contributed by atoms with Gasteiger partial charge >= 0.3 is 0 Å². The van der Waals surface area contributed by atoms with E-state index in [1.807, 2.05) is 19.2 Å². The molecule has 3 aromatic rings. The van der Waals surface area contributed by atoms with Gasteiger partial charge in [0.2, 0.25) is 5.56 Å². The molecule has 3 heterocycles. The molecule has 4 rings (SSSR count). The van der Waals surface area contributed by atoms with Crippen molar-refractivity contribution in [3.05, 3.63) is 40.5 Å². The number of fused-ring (bicyclic) bond motifs is 1. The Morgan fingerprint density at radius 3 is 3.00 bits per heavy atom. The smallest absolute Gasteiger partial charge is 0.250 e. The number of aromatic nitrogens is 3. The molecule has 1 aliphatic carbocycles. The number of hydrogen-bond acceptors (Lipinski definition) is 3. The third kappa shape index (κ3) is 1.54. The highest BCUT2D eigenvalue weighted by atomic mass is 16.3. The highest BCUT2D eigenvalue weighted by Crippen LogP contribution is 2.44. The van der Waals surface area contributed by atoms with Crippen molar-refractivity contribution in [3.8, 4) is 11.3 Å². The molecule has 19 heavy (non-hydrogen) atoms.